The number of anilines is 2. The Labute approximate surface area is 158 Å². The van der Waals surface area contributed by atoms with E-state index in [4.69, 9.17) is 4.74 Å². The van der Waals surface area contributed by atoms with Gasteiger partial charge in [0.1, 0.15) is 0 Å². The first-order chi connectivity index (χ1) is 13.1. The molecule has 1 heterocycles. The van der Waals surface area contributed by atoms with Crippen molar-refractivity contribution >= 4 is 29.2 Å². The van der Waals surface area contributed by atoms with Crippen LogP contribution >= 0.6 is 0 Å². The summed E-state index contributed by atoms with van der Waals surface area (Å²) in [6, 6.07) is 14.2. The minimum Gasteiger partial charge on any atom is -0.452 e. The Balaban J connectivity index is 1.54. The highest BCUT2D eigenvalue weighted by Crippen LogP contribution is 2.24. The van der Waals surface area contributed by atoms with E-state index in [9.17, 15) is 14.4 Å². The number of carbonyl (C=O) groups is 3. The Hall–Kier alpha value is -3.15. The SMILES string of the molecule is CCc1ccc(C(=O)OCC(=O)Nc2cccc(N3CCCC3=O)c2)cc1. The minimum atomic E-state index is -0.538. The number of hydrogen-bond acceptors (Lipinski definition) is 4. The Bertz CT molecular complexity index is 846. The van der Waals surface area contributed by atoms with Gasteiger partial charge in [-0.15, -0.1) is 0 Å². The molecule has 27 heavy (non-hydrogen) atoms. The smallest absolute Gasteiger partial charge is 0.338 e. The lowest BCUT2D eigenvalue weighted by atomic mass is 10.1. The van der Waals surface area contributed by atoms with Crippen LogP contribution in [0, 0.1) is 0 Å². The van der Waals surface area contributed by atoms with E-state index in [2.05, 4.69) is 5.32 Å². The van der Waals surface area contributed by atoms with Gasteiger partial charge >= 0.3 is 5.97 Å². The average Bonchev–Trinajstić information content (AvgIpc) is 3.12. The van der Waals surface area contributed by atoms with Crippen LogP contribution in [0.1, 0.15) is 35.7 Å². The summed E-state index contributed by atoms with van der Waals surface area (Å²) < 4.78 is 5.07. The molecule has 6 nitrogen and oxygen atoms in total. The Morgan fingerprint density at radius 1 is 1.15 bits per heavy atom. The van der Waals surface area contributed by atoms with E-state index in [-0.39, 0.29) is 12.5 Å². The molecule has 1 saturated heterocycles. The summed E-state index contributed by atoms with van der Waals surface area (Å²) >= 11 is 0. The van der Waals surface area contributed by atoms with E-state index in [1.54, 1.807) is 35.2 Å². The van der Waals surface area contributed by atoms with Crippen LogP contribution in [0.25, 0.3) is 0 Å². The van der Waals surface area contributed by atoms with Crippen molar-refractivity contribution in [3.63, 3.8) is 0 Å². The van der Waals surface area contributed by atoms with Gasteiger partial charge in [-0.3, -0.25) is 9.59 Å². The van der Waals surface area contributed by atoms with Gasteiger partial charge in [-0.2, -0.15) is 0 Å². The summed E-state index contributed by atoms with van der Waals surface area (Å²) in [5.74, 6) is -0.885. The summed E-state index contributed by atoms with van der Waals surface area (Å²) in [7, 11) is 0. The fourth-order valence-electron chi connectivity index (χ4n) is 2.96. The molecule has 0 aromatic heterocycles. The zero-order valence-corrected chi connectivity index (χ0v) is 15.2. The zero-order valence-electron chi connectivity index (χ0n) is 15.2. The molecule has 0 aliphatic carbocycles. The van der Waals surface area contributed by atoms with Crippen LogP contribution in [0.4, 0.5) is 11.4 Å². The first-order valence-corrected chi connectivity index (χ1v) is 9.03. The van der Waals surface area contributed by atoms with Crippen LogP contribution in [-0.4, -0.2) is 30.9 Å². The maximum Gasteiger partial charge on any atom is 0.338 e. The quantitative estimate of drug-likeness (QED) is 0.797. The van der Waals surface area contributed by atoms with Crippen LogP contribution < -0.4 is 10.2 Å². The molecule has 140 valence electrons. The number of nitrogens with zero attached hydrogens (tertiary/aromatic N) is 1. The third kappa shape index (κ3) is 4.73. The second-order valence-corrected chi connectivity index (χ2v) is 6.37. The largest absolute Gasteiger partial charge is 0.452 e. The van der Waals surface area contributed by atoms with Crippen LogP contribution in [0.5, 0.6) is 0 Å². The number of hydrogen-bond donors (Lipinski definition) is 1. The van der Waals surface area contributed by atoms with E-state index in [0.717, 1.165) is 24.1 Å². The maximum absolute atomic E-state index is 12.1. The van der Waals surface area contributed by atoms with Gasteiger partial charge < -0.3 is 15.0 Å². The molecule has 2 amide bonds. The number of benzene rings is 2. The van der Waals surface area contributed by atoms with Crippen LogP contribution in [0.2, 0.25) is 0 Å². The predicted molar refractivity (Wildman–Crippen MR) is 103 cm³/mol. The summed E-state index contributed by atoms with van der Waals surface area (Å²) in [4.78, 5) is 37.6. The number of ether oxygens (including phenoxy) is 1. The van der Waals surface area contributed by atoms with Gasteiger partial charge in [0.25, 0.3) is 5.91 Å². The van der Waals surface area contributed by atoms with E-state index in [1.165, 1.54) is 0 Å². The number of rotatable bonds is 6. The number of esters is 1. The fraction of sp³-hybridized carbons (Fsp3) is 0.286. The van der Waals surface area contributed by atoms with Gasteiger partial charge in [-0.05, 0) is 48.7 Å². The molecule has 1 fully saturated rings. The molecule has 3 rings (SSSR count). The van der Waals surface area contributed by atoms with Crippen molar-refractivity contribution in [2.45, 2.75) is 26.2 Å². The Morgan fingerprint density at radius 2 is 1.93 bits per heavy atom. The number of aryl methyl sites for hydroxylation is 1. The predicted octanol–water partition coefficient (Wildman–Crippen LogP) is 3.17. The molecular formula is C21H22N2O4. The third-order valence-corrected chi connectivity index (χ3v) is 4.45. The highest BCUT2D eigenvalue weighted by Gasteiger charge is 2.21. The van der Waals surface area contributed by atoms with E-state index < -0.39 is 11.9 Å². The lowest BCUT2D eigenvalue weighted by molar-refractivity contribution is -0.119. The Kier molecular flexibility index (Phi) is 5.86. The third-order valence-electron chi connectivity index (χ3n) is 4.45. The average molecular weight is 366 g/mol. The van der Waals surface area contributed by atoms with Gasteiger partial charge in [0.05, 0.1) is 5.56 Å². The summed E-state index contributed by atoms with van der Waals surface area (Å²) in [5, 5.41) is 2.69. The van der Waals surface area contributed by atoms with Crippen molar-refractivity contribution in [2.75, 3.05) is 23.4 Å². The number of nitrogens with one attached hydrogen (secondary N) is 1. The minimum absolute atomic E-state index is 0.0847. The Morgan fingerprint density at radius 3 is 2.59 bits per heavy atom. The van der Waals surface area contributed by atoms with Crippen molar-refractivity contribution < 1.29 is 19.1 Å². The molecule has 2 aromatic carbocycles. The topological polar surface area (TPSA) is 75.7 Å². The lowest BCUT2D eigenvalue weighted by Crippen LogP contribution is -2.24. The first-order valence-electron chi connectivity index (χ1n) is 9.03. The van der Waals surface area contributed by atoms with E-state index in [0.29, 0.717) is 24.2 Å². The normalized spacial score (nSPS) is 13.5. The van der Waals surface area contributed by atoms with Crippen LogP contribution in [0.15, 0.2) is 48.5 Å². The molecule has 2 aromatic rings. The van der Waals surface area contributed by atoms with Crippen molar-refractivity contribution in [1.29, 1.82) is 0 Å². The molecule has 0 spiro atoms. The van der Waals surface area contributed by atoms with Gasteiger partial charge in [-0.1, -0.05) is 25.1 Å². The summed E-state index contributed by atoms with van der Waals surface area (Å²) in [6.45, 7) is 2.35. The van der Waals surface area contributed by atoms with Crippen molar-refractivity contribution in [3.8, 4) is 0 Å². The molecule has 0 atom stereocenters. The number of carbonyl (C=O) groups excluding carboxylic acids is 3. The highest BCUT2D eigenvalue weighted by atomic mass is 16.5. The van der Waals surface area contributed by atoms with E-state index >= 15 is 0 Å². The van der Waals surface area contributed by atoms with Crippen molar-refractivity contribution in [3.05, 3.63) is 59.7 Å². The molecule has 6 heteroatoms. The highest BCUT2D eigenvalue weighted by molar-refractivity contribution is 5.98. The van der Waals surface area contributed by atoms with Crippen LogP contribution in [-0.2, 0) is 20.7 Å². The number of amides is 2. The molecule has 0 saturated carbocycles. The molecule has 0 bridgehead atoms. The molecule has 0 radical (unpaired) electrons. The van der Waals surface area contributed by atoms with Gasteiger partial charge in [0.2, 0.25) is 5.91 Å². The second kappa shape index (κ2) is 8.49. The second-order valence-electron chi connectivity index (χ2n) is 6.37. The summed E-state index contributed by atoms with van der Waals surface area (Å²) in [6.07, 6.45) is 2.27. The lowest BCUT2D eigenvalue weighted by Gasteiger charge is -2.16. The van der Waals surface area contributed by atoms with Crippen molar-refractivity contribution in [1.82, 2.24) is 0 Å². The molecule has 1 N–H and O–H groups in total. The molecule has 0 unspecified atom stereocenters. The van der Waals surface area contributed by atoms with E-state index in [1.807, 2.05) is 25.1 Å². The summed E-state index contributed by atoms with van der Waals surface area (Å²) in [5.41, 5.74) is 2.85. The van der Waals surface area contributed by atoms with Crippen molar-refractivity contribution in [2.24, 2.45) is 0 Å². The molecule has 1 aliphatic heterocycles. The first kappa shape index (κ1) is 18.6. The van der Waals surface area contributed by atoms with Gasteiger partial charge in [0.15, 0.2) is 6.61 Å². The van der Waals surface area contributed by atoms with Crippen LogP contribution in [0.3, 0.4) is 0 Å². The fourth-order valence-corrected chi connectivity index (χ4v) is 2.96. The maximum atomic E-state index is 12.1. The molecule has 1 aliphatic rings. The zero-order chi connectivity index (χ0) is 19.2. The van der Waals surface area contributed by atoms with Gasteiger partial charge in [0, 0.05) is 24.3 Å². The van der Waals surface area contributed by atoms with Gasteiger partial charge in [-0.25, -0.2) is 4.79 Å². The monoisotopic (exact) mass is 366 g/mol. The molecular weight excluding hydrogens is 344 g/mol. The standard InChI is InChI=1S/C21H22N2O4/c1-2-15-8-10-16(11-9-15)21(26)27-14-19(24)22-17-5-3-6-18(13-17)23-12-4-7-20(23)25/h3,5-6,8-11,13H,2,4,7,12,14H2,1H3,(H,22,24).